The van der Waals surface area contributed by atoms with Gasteiger partial charge in [0.1, 0.15) is 5.82 Å². The van der Waals surface area contributed by atoms with E-state index in [2.05, 4.69) is 22.9 Å². The van der Waals surface area contributed by atoms with E-state index < -0.39 is 5.82 Å². The first-order chi connectivity index (χ1) is 7.58. The molecule has 0 N–H and O–H groups in total. The molecule has 0 aliphatic carbocycles. The zero-order valence-electron chi connectivity index (χ0n) is 9.04. The largest absolute Gasteiger partial charge is 0.338 e. The molecular formula is C12H13BrFNO. The van der Waals surface area contributed by atoms with Crippen molar-refractivity contribution in [1.29, 1.82) is 0 Å². The summed E-state index contributed by atoms with van der Waals surface area (Å²) in [5.41, 5.74) is 0.164. The first-order valence-electron chi connectivity index (χ1n) is 5.32. The Balaban J connectivity index is 2.21. The second kappa shape index (κ2) is 4.53. The third-order valence-corrected chi connectivity index (χ3v) is 3.37. The fourth-order valence-corrected chi connectivity index (χ4v) is 2.29. The van der Waals surface area contributed by atoms with Crippen LogP contribution in [-0.4, -0.2) is 23.9 Å². The van der Waals surface area contributed by atoms with Crippen LogP contribution in [0.5, 0.6) is 0 Å². The van der Waals surface area contributed by atoms with Gasteiger partial charge in [-0.3, -0.25) is 4.79 Å². The average Bonchev–Trinajstić information content (AvgIpc) is 2.64. The van der Waals surface area contributed by atoms with Gasteiger partial charge in [0, 0.05) is 17.6 Å². The van der Waals surface area contributed by atoms with Crippen LogP contribution >= 0.6 is 15.9 Å². The van der Waals surface area contributed by atoms with Gasteiger partial charge in [-0.2, -0.15) is 0 Å². The third kappa shape index (κ3) is 2.26. The minimum absolute atomic E-state index is 0.164. The van der Waals surface area contributed by atoms with Crippen molar-refractivity contribution in [1.82, 2.24) is 4.90 Å². The van der Waals surface area contributed by atoms with Gasteiger partial charge in [-0.15, -0.1) is 0 Å². The molecule has 0 spiro atoms. The van der Waals surface area contributed by atoms with Gasteiger partial charge in [-0.25, -0.2) is 4.39 Å². The van der Waals surface area contributed by atoms with Crippen LogP contribution < -0.4 is 0 Å². The van der Waals surface area contributed by atoms with Gasteiger partial charge in [-0.1, -0.05) is 22.9 Å². The van der Waals surface area contributed by atoms with Crippen LogP contribution in [0, 0.1) is 11.7 Å². The number of carbonyl (C=O) groups is 1. The SMILES string of the molecule is CC1CCN(C(=O)c2ccc(Br)cc2F)C1. The zero-order valence-corrected chi connectivity index (χ0v) is 10.6. The summed E-state index contributed by atoms with van der Waals surface area (Å²) < 4.78 is 14.2. The number of likely N-dealkylation sites (tertiary alicyclic amines) is 1. The van der Waals surface area contributed by atoms with Crippen LogP contribution in [0.4, 0.5) is 4.39 Å². The van der Waals surface area contributed by atoms with E-state index in [1.54, 1.807) is 11.0 Å². The molecule has 0 bridgehead atoms. The smallest absolute Gasteiger partial charge is 0.256 e. The highest BCUT2D eigenvalue weighted by molar-refractivity contribution is 9.10. The third-order valence-electron chi connectivity index (χ3n) is 2.87. The summed E-state index contributed by atoms with van der Waals surface area (Å²) in [7, 11) is 0. The Hall–Kier alpha value is -0.900. The van der Waals surface area contributed by atoms with Crippen LogP contribution in [0.25, 0.3) is 0 Å². The molecule has 1 saturated heterocycles. The Morgan fingerprint density at radius 3 is 2.88 bits per heavy atom. The highest BCUT2D eigenvalue weighted by Gasteiger charge is 2.25. The number of benzene rings is 1. The number of hydrogen-bond donors (Lipinski definition) is 0. The molecule has 1 unspecified atom stereocenters. The van der Waals surface area contributed by atoms with E-state index in [0.29, 0.717) is 10.4 Å². The molecule has 1 aliphatic rings. The molecule has 1 fully saturated rings. The lowest BCUT2D eigenvalue weighted by Gasteiger charge is -2.16. The summed E-state index contributed by atoms with van der Waals surface area (Å²) >= 11 is 3.17. The quantitative estimate of drug-likeness (QED) is 0.777. The first-order valence-corrected chi connectivity index (χ1v) is 6.11. The number of nitrogens with zero attached hydrogens (tertiary/aromatic N) is 1. The van der Waals surface area contributed by atoms with Crippen molar-refractivity contribution >= 4 is 21.8 Å². The molecule has 16 heavy (non-hydrogen) atoms. The lowest BCUT2D eigenvalue weighted by molar-refractivity contribution is 0.0783. The van der Waals surface area contributed by atoms with Gasteiger partial charge in [0.25, 0.3) is 5.91 Å². The molecule has 0 radical (unpaired) electrons. The topological polar surface area (TPSA) is 20.3 Å². The van der Waals surface area contributed by atoms with E-state index in [1.807, 2.05) is 0 Å². The summed E-state index contributed by atoms with van der Waals surface area (Å²) in [6, 6.07) is 4.55. The molecule has 1 heterocycles. The van der Waals surface area contributed by atoms with Gasteiger partial charge in [0.2, 0.25) is 0 Å². The van der Waals surface area contributed by atoms with E-state index in [1.165, 1.54) is 12.1 Å². The molecule has 1 aliphatic heterocycles. The highest BCUT2D eigenvalue weighted by Crippen LogP contribution is 2.21. The normalized spacial score (nSPS) is 20.2. The maximum atomic E-state index is 13.6. The van der Waals surface area contributed by atoms with Crippen LogP contribution in [0.15, 0.2) is 22.7 Å². The highest BCUT2D eigenvalue weighted by atomic mass is 79.9. The van der Waals surface area contributed by atoms with Crippen molar-refractivity contribution in [2.75, 3.05) is 13.1 Å². The summed E-state index contributed by atoms with van der Waals surface area (Å²) in [4.78, 5) is 13.7. The van der Waals surface area contributed by atoms with Gasteiger partial charge < -0.3 is 4.90 Å². The van der Waals surface area contributed by atoms with Crippen molar-refractivity contribution in [3.8, 4) is 0 Å². The predicted octanol–water partition coefficient (Wildman–Crippen LogP) is 3.07. The van der Waals surface area contributed by atoms with Crippen LogP contribution in [-0.2, 0) is 0 Å². The van der Waals surface area contributed by atoms with Crippen molar-refractivity contribution < 1.29 is 9.18 Å². The van der Waals surface area contributed by atoms with Crippen molar-refractivity contribution in [3.63, 3.8) is 0 Å². The minimum Gasteiger partial charge on any atom is -0.338 e. The number of halogens is 2. The van der Waals surface area contributed by atoms with Gasteiger partial charge >= 0.3 is 0 Å². The second-order valence-electron chi connectivity index (χ2n) is 4.27. The fraction of sp³-hybridized carbons (Fsp3) is 0.417. The van der Waals surface area contributed by atoms with Gasteiger partial charge in [0.05, 0.1) is 5.56 Å². The molecule has 2 nitrogen and oxygen atoms in total. The van der Waals surface area contributed by atoms with Gasteiger partial charge in [-0.05, 0) is 30.5 Å². The van der Waals surface area contributed by atoms with E-state index in [9.17, 15) is 9.18 Å². The maximum absolute atomic E-state index is 13.6. The summed E-state index contributed by atoms with van der Waals surface area (Å²) in [6.07, 6.45) is 1.00. The molecule has 0 aromatic heterocycles. The van der Waals surface area contributed by atoms with E-state index in [4.69, 9.17) is 0 Å². The predicted molar refractivity (Wildman–Crippen MR) is 63.8 cm³/mol. The molecule has 1 amide bonds. The summed E-state index contributed by atoms with van der Waals surface area (Å²) in [5.74, 6) is -0.143. The van der Waals surface area contributed by atoms with Crippen LogP contribution in [0.1, 0.15) is 23.7 Å². The van der Waals surface area contributed by atoms with E-state index in [-0.39, 0.29) is 11.5 Å². The monoisotopic (exact) mass is 285 g/mol. The molecule has 4 heteroatoms. The lowest BCUT2D eigenvalue weighted by Crippen LogP contribution is -2.29. The van der Waals surface area contributed by atoms with Crippen molar-refractivity contribution in [3.05, 3.63) is 34.1 Å². The molecular weight excluding hydrogens is 273 g/mol. The second-order valence-corrected chi connectivity index (χ2v) is 5.18. The standard InChI is InChI=1S/C12H13BrFNO/c1-8-4-5-15(7-8)12(16)10-3-2-9(13)6-11(10)14/h2-3,6,8H,4-5,7H2,1H3. The molecule has 1 aromatic carbocycles. The Bertz CT molecular complexity index is 421. The fourth-order valence-electron chi connectivity index (χ4n) is 1.95. The van der Waals surface area contributed by atoms with E-state index >= 15 is 0 Å². The molecule has 86 valence electrons. The summed E-state index contributed by atoms with van der Waals surface area (Å²) in [6.45, 7) is 3.56. The minimum atomic E-state index is -0.459. The Kier molecular flexibility index (Phi) is 3.28. The molecule has 1 atom stereocenters. The number of amides is 1. The number of hydrogen-bond acceptors (Lipinski definition) is 1. The Morgan fingerprint density at radius 1 is 1.56 bits per heavy atom. The Morgan fingerprint density at radius 2 is 2.31 bits per heavy atom. The maximum Gasteiger partial charge on any atom is 0.256 e. The zero-order chi connectivity index (χ0) is 11.7. The number of carbonyl (C=O) groups excluding carboxylic acids is 1. The molecule has 1 aromatic rings. The van der Waals surface area contributed by atoms with Crippen molar-refractivity contribution in [2.24, 2.45) is 5.92 Å². The lowest BCUT2D eigenvalue weighted by atomic mass is 10.1. The molecule has 0 saturated carbocycles. The Labute approximate surface area is 103 Å². The molecule has 2 rings (SSSR count). The average molecular weight is 286 g/mol. The first kappa shape index (κ1) is 11.6. The van der Waals surface area contributed by atoms with Gasteiger partial charge in [0.15, 0.2) is 0 Å². The summed E-state index contributed by atoms with van der Waals surface area (Å²) in [5, 5.41) is 0. The van der Waals surface area contributed by atoms with E-state index in [0.717, 1.165) is 19.5 Å². The van der Waals surface area contributed by atoms with Crippen molar-refractivity contribution in [2.45, 2.75) is 13.3 Å². The van der Waals surface area contributed by atoms with Crippen LogP contribution in [0.3, 0.4) is 0 Å². The number of rotatable bonds is 1. The van der Waals surface area contributed by atoms with Crippen LogP contribution in [0.2, 0.25) is 0 Å².